The first-order valence-electron chi connectivity index (χ1n) is 5.55. The number of thioether (sulfide) groups is 1. The highest BCUT2D eigenvalue weighted by Gasteiger charge is 2.33. The minimum Gasteiger partial charge on any atom is -0.228 e. The highest BCUT2D eigenvalue weighted by atomic mass is 32.2. The van der Waals surface area contributed by atoms with Crippen LogP contribution in [0.25, 0.3) is 0 Å². The Balaban J connectivity index is 2.15. The van der Waals surface area contributed by atoms with Crippen molar-refractivity contribution in [1.29, 1.82) is 0 Å². The van der Waals surface area contributed by atoms with Crippen molar-refractivity contribution in [3.8, 4) is 0 Å². The molecule has 0 atom stereocenters. The van der Waals surface area contributed by atoms with Gasteiger partial charge in [0.25, 0.3) is 0 Å². The minimum atomic E-state index is -4.43. The van der Waals surface area contributed by atoms with E-state index in [9.17, 15) is 13.2 Å². The summed E-state index contributed by atoms with van der Waals surface area (Å²) < 4.78 is 37.8. The van der Waals surface area contributed by atoms with Crippen LogP contribution in [0.5, 0.6) is 0 Å². The van der Waals surface area contributed by atoms with Gasteiger partial charge in [-0.1, -0.05) is 42.1 Å². The molecule has 0 amide bonds. The van der Waals surface area contributed by atoms with Gasteiger partial charge in [-0.3, -0.25) is 0 Å². The monoisotopic (exact) mass is 284 g/mol. The third-order valence-corrected chi connectivity index (χ3v) is 3.25. The second-order valence-electron chi connectivity index (χ2n) is 3.95. The Morgan fingerprint density at radius 2 is 1.79 bits per heavy atom. The van der Waals surface area contributed by atoms with Gasteiger partial charge in [0.05, 0.1) is 0 Å². The molecule has 100 valence electrons. The Morgan fingerprint density at radius 3 is 2.42 bits per heavy atom. The molecule has 0 radical (unpaired) electrons. The van der Waals surface area contributed by atoms with E-state index in [1.807, 2.05) is 30.3 Å². The SMILES string of the molecule is Cc1cc(C(F)(F)F)nc(SCc2ccccc2)n1. The average molecular weight is 284 g/mol. The van der Waals surface area contributed by atoms with Crippen molar-refractivity contribution in [3.05, 3.63) is 53.3 Å². The first-order chi connectivity index (χ1) is 8.95. The maximum atomic E-state index is 12.6. The molecular formula is C13H11F3N2S. The smallest absolute Gasteiger partial charge is 0.228 e. The second kappa shape index (κ2) is 5.61. The van der Waals surface area contributed by atoms with E-state index in [1.54, 1.807) is 0 Å². The maximum absolute atomic E-state index is 12.6. The molecule has 0 aliphatic rings. The molecule has 0 spiro atoms. The van der Waals surface area contributed by atoms with Gasteiger partial charge in [0, 0.05) is 11.4 Å². The van der Waals surface area contributed by atoms with Crippen molar-refractivity contribution in [2.45, 2.75) is 24.0 Å². The number of hydrogen-bond donors (Lipinski definition) is 0. The molecule has 19 heavy (non-hydrogen) atoms. The molecule has 0 bridgehead atoms. The molecule has 2 aromatic rings. The fourth-order valence-corrected chi connectivity index (χ4v) is 2.33. The zero-order valence-corrected chi connectivity index (χ0v) is 10.9. The Kier molecular flexibility index (Phi) is 4.09. The lowest BCUT2D eigenvalue weighted by molar-refractivity contribution is -0.141. The standard InChI is InChI=1S/C13H11F3N2S/c1-9-7-11(13(14,15)16)18-12(17-9)19-8-10-5-3-2-4-6-10/h2-7H,8H2,1H3. The normalized spacial score (nSPS) is 11.6. The third kappa shape index (κ3) is 3.96. The molecule has 2 nitrogen and oxygen atoms in total. The van der Waals surface area contributed by atoms with Gasteiger partial charge in [0.1, 0.15) is 5.69 Å². The van der Waals surface area contributed by atoms with Crippen LogP contribution in [0.15, 0.2) is 41.6 Å². The van der Waals surface area contributed by atoms with Crippen LogP contribution >= 0.6 is 11.8 Å². The van der Waals surface area contributed by atoms with Gasteiger partial charge < -0.3 is 0 Å². The minimum absolute atomic E-state index is 0.149. The molecule has 0 aliphatic carbocycles. The molecular weight excluding hydrogens is 273 g/mol. The summed E-state index contributed by atoms with van der Waals surface area (Å²) in [5.41, 5.74) is 0.444. The first-order valence-corrected chi connectivity index (χ1v) is 6.53. The number of rotatable bonds is 3. The van der Waals surface area contributed by atoms with Crippen molar-refractivity contribution in [2.75, 3.05) is 0 Å². The summed E-state index contributed by atoms with van der Waals surface area (Å²) in [4.78, 5) is 7.56. The van der Waals surface area contributed by atoms with Gasteiger partial charge in [-0.2, -0.15) is 13.2 Å². The number of hydrogen-bond acceptors (Lipinski definition) is 3. The number of benzene rings is 1. The van der Waals surface area contributed by atoms with Crippen molar-refractivity contribution < 1.29 is 13.2 Å². The molecule has 0 saturated heterocycles. The van der Waals surface area contributed by atoms with Crippen LogP contribution < -0.4 is 0 Å². The van der Waals surface area contributed by atoms with Crippen LogP contribution in [0.2, 0.25) is 0 Å². The maximum Gasteiger partial charge on any atom is 0.433 e. The Hall–Kier alpha value is -1.56. The number of alkyl halides is 3. The highest BCUT2D eigenvalue weighted by molar-refractivity contribution is 7.98. The van der Waals surface area contributed by atoms with Crippen LogP contribution in [0.4, 0.5) is 13.2 Å². The summed E-state index contributed by atoms with van der Waals surface area (Å²) in [6, 6.07) is 10.4. The molecule has 0 fully saturated rings. The lowest BCUT2D eigenvalue weighted by Crippen LogP contribution is -2.10. The van der Waals surface area contributed by atoms with Crippen LogP contribution in [-0.4, -0.2) is 9.97 Å². The van der Waals surface area contributed by atoms with E-state index < -0.39 is 11.9 Å². The van der Waals surface area contributed by atoms with Crippen LogP contribution in [0, 0.1) is 6.92 Å². The van der Waals surface area contributed by atoms with E-state index in [4.69, 9.17) is 0 Å². The average Bonchev–Trinajstić information content (AvgIpc) is 2.36. The predicted octanol–water partition coefficient (Wildman–Crippen LogP) is 4.10. The van der Waals surface area contributed by atoms with Crippen LogP contribution in [0.3, 0.4) is 0 Å². The van der Waals surface area contributed by atoms with Crippen molar-refractivity contribution >= 4 is 11.8 Å². The number of aryl methyl sites for hydroxylation is 1. The van der Waals surface area contributed by atoms with E-state index in [1.165, 1.54) is 18.7 Å². The molecule has 2 rings (SSSR count). The topological polar surface area (TPSA) is 25.8 Å². The fraction of sp³-hybridized carbons (Fsp3) is 0.231. The molecule has 0 unspecified atom stereocenters. The quantitative estimate of drug-likeness (QED) is 0.627. The van der Waals surface area contributed by atoms with Gasteiger partial charge in [-0.15, -0.1) is 0 Å². The zero-order valence-electron chi connectivity index (χ0n) is 10.1. The fourth-order valence-electron chi connectivity index (χ4n) is 1.47. The third-order valence-electron chi connectivity index (χ3n) is 2.33. The Morgan fingerprint density at radius 1 is 1.11 bits per heavy atom. The van der Waals surface area contributed by atoms with Crippen molar-refractivity contribution in [3.63, 3.8) is 0 Å². The number of nitrogens with zero attached hydrogens (tertiary/aromatic N) is 2. The summed E-state index contributed by atoms with van der Waals surface area (Å²) in [6.45, 7) is 1.53. The van der Waals surface area contributed by atoms with Crippen molar-refractivity contribution in [2.24, 2.45) is 0 Å². The predicted molar refractivity (Wildman–Crippen MR) is 67.8 cm³/mol. The van der Waals surface area contributed by atoms with Crippen LogP contribution in [0.1, 0.15) is 17.0 Å². The molecule has 0 saturated carbocycles. The molecule has 0 N–H and O–H groups in total. The lowest BCUT2D eigenvalue weighted by Gasteiger charge is -2.08. The number of aromatic nitrogens is 2. The Bertz CT molecular complexity index is 556. The molecule has 6 heteroatoms. The van der Waals surface area contributed by atoms with Gasteiger partial charge in [0.15, 0.2) is 5.16 Å². The first kappa shape index (κ1) is 13.9. The van der Waals surface area contributed by atoms with E-state index in [2.05, 4.69) is 9.97 Å². The largest absolute Gasteiger partial charge is 0.433 e. The zero-order chi connectivity index (χ0) is 13.9. The summed E-state index contributed by atoms with van der Waals surface area (Å²) in [5, 5.41) is 0.149. The summed E-state index contributed by atoms with van der Waals surface area (Å²) in [6.07, 6.45) is -4.43. The summed E-state index contributed by atoms with van der Waals surface area (Å²) in [5.74, 6) is 0.543. The van der Waals surface area contributed by atoms with Gasteiger partial charge >= 0.3 is 6.18 Å². The van der Waals surface area contributed by atoms with E-state index in [0.717, 1.165) is 11.6 Å². The van der Waals surface area contributed by atoms with Crippen molar-refractivity contribution in [1.82, 2.24) is 9.97 Å². The number of halogens is 3. The van der Waals surface area contributed by atoms with E-state index in [-0.39, 0.29) is 5.16 Å². The lowest BCUT2D eigenvalue weighted by atomic mass is 10.2. The van der Waals surface area contributed by atoms with Gasteiger partial charge in [-0.05, 0) is 18.6 Å². The molecule has 0 aliphatic heterocycles. The van der Waals surface area contributed by atoms with Gasteiger partial charge in [0.2, 0.25) is 0 Å². The molecule has 1 heterocycles. The summed E-state index contributed by atoms with van der Waals surface area (Å²) >= 11 is 1.20. The molecule has 1 aromatic carbocycles. The van der Waals surface area contributed by atoms with Crippen LogP contribution in [-0.2, 0) is 11.9 Å². The van der Waals surface area contributed by atoms with Gasteiger partial charge in [-0.25, -0.2) is 9.97 Å². The Labute approximate surface area is 113 Å². The van der Waals surface area contributed by atoms with E-state index >= 15 is 0 Å². The van der Waals surface area contributed by atoms with E-state index in [0.29, 0.717) is 11.4 Å². The second-order valence-corrected chi connectivity index (χ2v) is 4.89. The molecule has 1 aromatic heterocycles. The summed E-state index contributed by atoms with van der Waals surface area (Å²) in [7, 11) is 0. The highest BCUT2D eigenvalue weighted by Crippen LogP contribution is 2.29.